The first-order valence-electron chi connectivity index (χ1n) is 4.36. The van der Waals surface area contributed by atoms with E-state index in [2.05, 4.69) is 0 Å². The van der Waals surface area contributed by atoms with Crippen LogP contribution < -0.4 is 0 Å². The van der Waals surface area contributed by atoms with Gasteiger partial charge in [0.1, 0.15) is 13.2 Å². The van der Waals surface area contributed by atoms with E-state index in [0.717, 1.165) is 0 Å². The van der Waals surface area contributed by atoms with E-state index in [-0.39, 0.29) is 25.1 Å². The molecule has 0 aromatic heterocycles. The predicted molar refractivity (Wildman–Crippen MR) is 48.8 cm³/mol. The van der Waals surface area contributed by atoms with Crippen molar-refractivity contribution in [1.29, 1.82) is 0 Å². The van der Waals surface area contributed by atoms with Gasteiger partial charge in [0.25, 0.3) is 0 Å². The third-order valence-electron chi connectivity index (χ3n) is 1.27. The summed E-state index contributed by atoms with van der Waals surface area (Å²) in [5.74, 6) is -0.0372. The lowest BCUT2D eigenvalue weighted by atomic mass is 10.4. The first kappa shape index (κ1) is 12.6. The van der Waals surface area contributed by atoms with Gasteiger partial charge in [-0.1, -0.05) is 0 Å². The van der Waals surface area contributed by atoms with Crippen molar-refractivity contribution >= 4 is 5.78 Å². The fourth-order valence-corrected chi connectivity index (χ4v) is 0.630. The Labute approximate surface area is 79.2 Å². The first-order valence-corrected chi connectivity index (χ1v) is 4.36. The normalized spacial score (nSPS) is 10.8. The van der Waals surface area contributed by atoms with Crippen LogP contribution in [0.4, 0.5) is 0 Å². The second-order valence-corrected chi connectivity index (χ2v) is 2.94. The summed E-state index contributed by atoms with van der Waals surface area (Å²) in [5.41, 5.74) is 0. The van der Waals surface area contributed by atoms with Crippen LogP contribution in [0.5, 0.6) is 0 Å². The molecule has 0 rings (SSSR count). The van der Waals surface area contributed by atoms with Crippen molar-refractivity contribution in [3.63, 3.8) is 0 Å². The van der Waals surface area contributed by atoms with Gasteiger partial charge in [-0.25, -0.2) is 0 Å². The number of carbonyl (C=O) groups is 1. The van der Waals surface area contributed by atoms with Gasteiger partial charge in [-0.05, 0) is 13.8 Å². The minimum Gasteiger partial charge on any atom is -0.382 e. The lowest BCUT2D eigenvalue weighted by molar-refractivity contribution is -0.129. The first-order chi connectivity index (χ1) is 6.16. The molecule has 0 radical (unpaired) electrons. The van der Waals surface area contributed by atoms with Crippen LogP contribution in [0.1, 0.15) is 13.8 Å². The Morgan fingerprint density at radius 2 is 1.92 bits per heavy atom. The van der Waals surface area contributed by atoms with Crippen molar-refractivity contribution in [2.75, 3.05) is 33.5 Å². The molecule has 0 spiro atoms. The lowest BCUT2D eigenvalue weighted by Gasteiger charge is -2.06. The molecule has 0 saturated heterocycles. The molecule has 78 valence electrons. The van der Waals surface area contributed by atoms with Crippen LogP contribution in [0.3, 0.4) is 0 Å². The van der Waals surface area contributed by atoms with E-state index < -0.39 is 0 Å². The van der Waals surface area contributed by atoms with Crippen LogP contribution in [0.15, 0.2) is 0 Å². The fourth-order valence-electron chi connectivity index (χ4n) is 0.630. The Kier molecular flexibility index (Phi) is 7.88. The van der Waals surface area contributed by atoms with E-state index in [1.807, 2.05) is 13.8 Å². The molecule has 0 N–H and O–H groups in total. The molecular formula is C9H18O4. The molecule has 0 aliphatic heterocycles. The maximum absolute atomic E-state index is 11.0. The molecule has 0 fully saturated rings. The van der Waals surface area contributed by atoms with Gasteiger partial charge in [-0.15, -0.1) is 0 Å². The minimum absolute atomic E-state index is 0.0372. The smallest absolute Gasteiger partial charge is 0.183 e. The van der Waals surface area contributed by atoms with Crippen molar-refractivity contribution in [2.24, 2.45) is 0 Å². The highest BCUT2D eigenvalue weighted by Crippen LogP contribution is 1.88. The zero-order chi connectivity index (χ0) is 10.1. The summed E-state index contributed by atoms with van der Waals surface area (Å²) in [7, 11) is 1.59. The second-order valence-electron chi connectivity index (χ2n) is 2.94. The Bertz CT molecular complexity index is 134. The number of ether oxygens (including phenoxy) is 3. The standard InChI is InChI=1S/C9H18O4/c1-8(2)13-7-9(10)6-12-5-4-11-3/h8H,4-7H2,1-3H3. The monoisotopic (exact) mass is 190 g/mol. The zero-order valence-corrected chi connectivity index (χ0v) is 8.54. The van der Waals surface area contributed by atoms with Crippen LogP contribution >= 0.6 is 0 Å². The number of rotatable bonds is 8. The quantitative estimate of drug-likeness (QED) is 0.527. The highest BCUT2D eigenvalue weighted by molar-refractivity contribution is 5.80. The van der Waals surface area contributed by atoms with Crippen molar-refractivity contribution in [1.82, 2.24) is 0 Å². The Morgan fingerprint density at radius 3 is 2.46 bits per heavy atom. The fraction of sp³-hybridized carbons (Fsp3) is 0.889. The van der Waals surface area contributed by atoms with E-state index in [4.69, 9.17) is 14.2 Å². The molecule has 0 saturated carbocycles. The summed E-state index contributed by atoms with van der Waals surface area (Å²) in [6.07, 6.45) is 0.0860. The van der Waals surface area contributed by atoms with Gasteiger partial charge in [0.2, 0.25) is 0 Å². The molecule has 0 amide bonds. The van der Waals surface area contributed by atoms with E-state index in [1.165, 1.54) is 0 Å². The van der Waals surface area contributed by atoms with E-state index in [1.54, 1.807) is 7.11 Å². The van der Waals surface area contributed by atoms with Crippen molar-refractivity contribution in [3.8, 4) is 0 Å². The van der Waals surface area contributed by atoms with Crippen LogP contribution in [0.2, 0.25) is 0 Å². The number of Topliss-reactive ketones (excluding diaryl/α,β-unsaturated/α-hetero) is 1. The van der Waals surface area contributed by atoms with Crippen molar-refractivity contribution in [2.45, 2.75) is 20.0 Å². The van der Waals surface area contributed by atoms with Crippen molar-refractivity contribution in [3.05, 3.63) is 0 Å². The topological polar surface area (TPSA) is 44.8 Å². The van der Waals surface area contributed by atoms with Gasteiger partial charge in [-0.3, -0.25) is 4.79 Å². The Balaban J connectivity index is 3.20. The number of hydrogen-bond donors (Lipinski definition) is 0. The number of ketones is 1. The average molecular weight is 190 g/mol. The number of methoxy groups -OCH3 is 1. The van der Waals surface area contributed by atoms with Gasteiger partial charge < -0.3 is 14.2 Å². The molecule has 0 unspecified atom stereocenters. The predicted octanol–water partition coefficient (Wildman–Crippen LogP) is 0.643. The Hall–Kier alpha value is -0.450. The van der Waals surface area contributed by atoms with E-state index in [9.17, 15) is 4.79 Å². The van der Waals surface area contributed by atoms with E-state index >= 15 is 0 Å². The molecule has 0 aromatic carbocycles. The van der Waals surface area contributed by atoms with Crippen LogP contribution in [0.25, 0.3) is 0 Å². The Morgan fingerprint density at radius 1 is 1.23 bits per heavy atom. The maximum atomic E-state index is 11.0. The molecule has 4 heteroatoms. The molecule has 13 heavy (non-hydrogen) atoms. The van der Waals surface area contributed by atoms with Crippen LogP contribution in [-0.2, 0) is 19.0 Å². The number of hydrogen-bond acceptors (Lipinski definition) is 4. The van der Waals surface area contributed by atoms with Crippen LogP contribution in [0, 0.1) is 0 Å². The molecule has 0 heterocycles. The van der Waals surface area contributed by atoms with Gasteiger partial charge in [0.15, 0.2) is 5.78 Å². The SMILES string of the molecule is COCCOCC(=O)COC(C)C. The summed E-state index contributed by atoms with van der Waals surface area (Å²) < 4.78 is 14.9. The van der Waals surface area contributed by atoms with Crippen LogP contribution in [-0.4, -0.2) is 45.4 Å². The second kappa shape index (κ2) is 8.16. The molecule has 0 aliphatic carbocycles. The maximum Gasteiger partial charge on any atom is 0.183 e. The largest absolute Gasteiger partial charge is 0.382 e. The molecule has 0 aromatic rings. The average Bonchev–Trinajstić information content (AvgIpc) is 2.09. The lowest BCUT2D eigenvalue weighted by Crippen LogP contribution is -2.19. The summed E-state index contributed by atoms with van der Waals surface area (Å²) in [5, 5.41) is 0. The summed E-state index contributed by atoms with van der Waals surface area (Å²) in [6, 6.07) is 0. The highest BCUT2D eigenvalue weighted by atomic mass is 16.5. The third kappa shape index (κ3) is 9.46. The minimum atomic E-state index is -0.0372. The molecule has 0 aliphatic rings. The molecule has 0 bridgehead atoms. The molecule has 0 atom stereocenters. The number of carbonyl (C=O) groups excluding carboxylic acids is 1. The summed E-state index contributed by atoms with van der Waals surface area (Å²) in [4.78, 5) is 11.0. The zero-order valence-electron chi connectivity index (χ0n) is 8.54. The molecular weight excluding hydrogens is 172 g/mol. The van der Waals surface area contributed by atoms with E-state index in [0.29, 0.717) is 13.2 Å². The van der Waals surface area contributed by atoms with Gasteiger partial charge in [-0.2, -0.15) is 0 Å². The van der Waals surface area contributed by atoms with Gasteiger partial charge >= 0.3 is 0 Å². The summed E-state index contributed by atoms with van der Waals surface area (Å²) in [6.45, 7) is 4.97. The summed E-state index contributed by atoms with van der Waals surface area (Å²) >= 11 is 0. The van der Waals surface area contributed by atoms with Crippen molar-refractivity contribution < 1.29 is 19.0 Å². The molecule has 4 nitrogen and oxygen atoms in total. The third-order valence-corrected chi connectivity index (χ3v) is 1.27. The van der Waals surface area contributed by atoms with Gasteiger partial charge in [0, 0.05) is 7.11 Å². The highest BCUT2D eigenvalue weighted by Gasteiger charge is 2.03. The van der Waals surface area contributed by atoms with Gasteiger partial charge in [0.05, 0.1) is 19.3 Å².